The number of ether oxygens (including phenoxy) is 4. The summed E-state index contributed by atoms with van der Waals surface area (Å²) in [5, 5.41) is 28.3. The molecule has 2 saturated heterocycles. The predicted octanol–water partition coefficient (Wildman–Crippen LogP) is 2.72. The summed E-state index contributed by atoms with van der Waals surface area (Å²) in [7, 11) is 5.09. The highest BCUT2D eigenvalue weighted by molar-refractivity contribution is 7.16. The molecule has 2 N–H and O–H groups in total. The molecule has 2 fully saturated rings. The number of nitrogens with one attached hydrogen (secondary N) is 1. The molecule has 3 aromatic rings. The van der Waals surface area contributed by atoms with Gasteiger partial charge in [-0.25, -0.2) is 4.68 Å². The van der Waals surface area contributed by atoms with Crippen molar-refractivity contribution in [3.8, 4) is 27.2 Å². The van der Waals surface area contributed by atoms with Gasteiger partial charge in [0.05, 0.1) is 16.9 Å². The maximum Gasteiger partial charge on any atom is 0.294 e. The summed E-state index contributed by atoms with van der Waals surface area (Å²) in [6.45, 7) is 4.05. The molecule has 2 aliphatic heterocycles. The van der Waals surface area contributed by atoms with E-state index in [9.17, 15) is 5.11 Å². The van der Waals surface area contributed by atoms with Crippen LogP contribution in [0, 0.1) is 6.92 Å². The molecule has 0 spiro atoms. The topological polar surface area (TPSA) is 113 Å². The second-order valence-corrected chi connectivity index (χ2v) is 10.3. The Balaban J connectivity index is 1.33. The lowest BCUT2D eigenvalue weighted by atomic mass is 9.71. The summed E-state index contributed by atoms with van der Waals surface area (Å²) < 4.78 is 25.4. The maximum atomic E-state index is 10.7. The minimum Gasteiger partial charge on any atom is -0.507 e. The van der Waals surface area contributed by atoms with E-state index < -0.39 is 0 Å². The molecule has 11 heteroatoms. The van der Waals surface area contributed by atoms with Gasteiger partial charge in [0.25, 0.3) is 5.19 Å². The first kappa shape index (κ1) is 24.1. The predicted molar refractivity (Wildman–Crippen MR) is 130 cm³/mol. The second-order valence-electron chi connectivity index (χ2n) is 9.38. The molecule has 2 aliphatic rings. The Kier molecular flexibility index (Phi) is 6.53. The monoisotopic (exact) mass is 501 g/mol. The van der Waals surface area contributed by atoms with Crippen LogP contribution in [0.25, 0.3) is 16.3 Å². The Hall–Kier alpha value is -2.57. The second kappa shape index (κ2) is 9.47. The van der Waals surface area contributed by atoms with Crippen LogP contribution in [-0.4, -0.2) is 82.4 Å². The largest absolute Gasteiger partial charge is 0.507 e. The fraction of sp³-hybridized carbons (Fsp3) is 0.542. The molecule has 0 amide bonds. The van der Waals surface area contributed by atoms with Crippen LogP contribution in [0.3, 0.4) is 0 Å². The number of hydrogen-bond acceptors (Lipinski definition) is 10. The molecule has 0 radical (unpaired) electrons. The van der Waals surface area contributed by atoms with Crippen LogP contribution in [0.1, 0.15) is 25.5 Å². The third kappa shape index (κ3) is 4.43. The number of rotatable bonds is 7. The van der Waals surface area contributed by atoms with Crippen molar-refractivity contribution in [2.24, 2.45) is 0 Å². The quantitative estimate of drug-likeness (QED) is 0.504. The summed E-state index contributed by atoms with van der Waals surface area (Å²) in [6, 6.07) is 7.34. The maximum absolute atomic E-state index is 10.7. The van der Waals surface area contributed by atoms with E-state index in [1.54, 1.807) is 32.1 Å². The number of nitrogens with zero attached hydrogens (tertiary/aromatic N) is 4. The van der Waals surface area contributed by atoms with Crippen LogP contribution in [0.5, 0.6) is 10.9 Å². The number of aromatic nitrogens is 4. The van der Waals surface area contributed by atoms with Crippen molar-refractivity contribution in [1.82, 2.24) is 25.3 Å². The fourth-order valence-corrected chi connectivity index (χ4v) is 6.31. The first-order valence-corrected chi connectivity index (χ1v) is 12.4. The molecule has 35 heavy (non-hydrogen) atoms. The number of benzene rings is 1. The summed E-state index contributed by atoms with van der Waals surface area (Å²) in [4.78, 5) is 0. The van der Waals surface area contributed by atoms with Crippen LogP contribution in [0.2, 0.25) is 0 Å². The minimum atomic E-state index is -0.343. The number of aromatic hydroxyl groups is 1. The molecule has 2 bridgehead atoms. The van der Waals surface area contributed by atoms with Gasteiger partial charge >= 0.3 is 0 Å². The van der Waals surface area contributed by atoms with Gasteiger partial charge in [-0.1, -0.05) is 16.4 Å². The Morgan fingerprint density at radius 3 is 2.57 bits per heavy atom. The smallest absolute Gasteiger partial charge is 0.294 e. The van der Waals surface area contributed by atoms with E-state index >= 15 is 0 Å². The molecule has 5 rings (SSSR count). The van der Waals surface area contributed by atoms with E-state index in [1.165, 1.54) is 11.3 Å². The third-order valence-electron chi connectivity index (χ3n) is 7.00. The number of phenolic OH excluding ortho intramolecular Hbond substituents is 1. The van der Waals surface area contributed by atoms with Crippen molar-refractivity contribution < 1.29 is 24.1 Å². The summed E-state index contributed by atoms with van der Waals surface area (Å²) in [6.07, 6.45) is 2.68. The van der Waals surface area contributed by atoms with Gasteiger partial charge in [0.1, 0.15) is 30.2 Å². The molecule has 188 valence electrons. The first-order chi connectivity index (χ1) is 16.8. The van der Waals surface area contributed by atoms with Gasteiger partial charge in [-0.15, -0.1) is 5.10 Å². The van der Waals surface area contributed by atoms with E-state index in [1.807, 2.05) is 31.3 Å². The lowest BCUT2D eigenvalue weighted by molar-refractivity contribution is -0.191. The zero-order valence-corrected chi connectivity index (χ0v) is 21.3. The highest BCUT2D eigenvalue weighted by Crippen LogP contribution is 2.41. The van der Waals surface area contributed by atoms with Crippen LogP contribution < -0.4 is 10.1 Å². The van der Waals surface area contributed by atoms with Gasteiger partial charge in [0.15, 0.2) is 5.01 Å². The highest BCUT2D eigenvalue weighted by atomic mass is 32.1. The molecular formula is C24H31N5O5S. The van der Waals surface area contributed by atoms with Gasteiger partial charge in [-0.2, -0.15) is 5.10 Å². The molecule has 1 aromatic carbocycles. The third-order valence-corrected chi connectivity index (χ3v) is 7.85. The molecule has 0 aliphatic carbocycles. The van der Waals surface area contributed by atoms with E-state index in [0.717, 1.165) is 24.2 Å². The van der Waals surface area contributed by atoms with Crippen molar-refractivity contribution in [1.29, 1.82) is 0 Å². The lowest BCUT2D eigenvalue weighted by Crippen LogP contribution is -2.75. The van der Waals surface area contributed by atoms with E-state index in [4.69, 9.17) is 18.9 Å². The zero-order valence-electron chi connectivity index (χ0n) is 20.5. The van der Waals surface area contributed by atoms with Gasteiger partial charge in [0.2, 0.25) is 0 Å². The number of aryl methyl sites for hydroxylation is 1. The van der Waals surface area contributed by atoms with Crippen molar-refractivity contribution in [2.45, 2.75) is 62.7 Å². The van der Waals surface area contributed by atoms with Gasteiger partial charge in [-0.3, -0.25) is 0 Å². The Bertz CT molecular complexity index is 1180. The van der Waals surface area contributed by atoms with Crippen LogP contribution in [-0.2, 0) is 14.2 Å². The standard InChI is InChI=1S/C24H31N5O5S/c1-13-8-9-29(28-13)14-6-7-16(18(30)10-14)22-26-27-23(35-22)34-15-11-17-19(31-3)20(32-4)21(33-5)24(2,12-15)25-17/h6-10,15,17,19-21,25,30H,11-12H2,1-5H3. The molecule has 6 unspecified atom stereocenters. The van der Waals surface area contributed by atoms with E-state index in [-0.39, 0.29) is 41.7 Å². The molecular weight excluding hydrogens is 470 g/mol. The SMILES string of the molecule is COC1C2CC(Oc3nnc(-c4ccc(-n5ccc(C)n5)cc4O)s3)CC(C)(N2)C(OC)C1OC. The fourth-order valence-electron chi connectivity index (χ4n) is 5.51. The van der Waals surface area contributed by atoms with Crippen molar-refractivity contribution in [3.63, 3.8) is 0 Å². The van der Waals surface area contributed by atoms with Crippen LogP contribution >= 0.6 is 11.3 Å². The van der Waals surface area contributed by atoms with E-state index in [2.05, 4.69) is 27.5 Å². The molecule has 2 aromatic heterocycles. The molecule has 0 saturated carbocycles. The van der Waals surface area contributed by atoms with Crippen LogP contribution in [0.15, 0.2) is 30.5 Å². The number of piperidine rings is 2. The average Bonchev–Trinajstić information content (AvgIpc) is 3.47. The number of phenols is 1. The highest BCUT2D eigenvalue weighted by Gasteiger charge is 2.56. The van der Waals surface area contributed by atoms with Crippen molar-refractivity contribution in [2.75, 3.05) is 21.3 Å². The normalized spacial score (nSPS) is 30.4. The number of fused-ring (bicyclic) bond motifs is 2. The minimum absolute atomic E-state index is 0.0509. The van der Waals surface area contributed by atoms with Gasteiger partial charge in [0, 0.05) is 58.0 Å². The molecule has 4 heterocycles. The molecule has 6 atom stereocenters. The Labute approximate surface area is 208 Å². The lowest BCUT2D eigenvalue weighted by Gasteiger charge is -2.56. The zero-order chi connectivity index (χ0) is 24.7. The first-order valence-electron chi connectivity index (χ1n) is 11.6. The average molecular weight is 502 g/mol. The van der Waals surface area contributed by atoms with Gasteiger partial charge < -0.3 is 29.4 Å². The van der Waals surface area contributed by atoms with Crippen LogP contribution in [0.4, 0.5) is 0 Å². The summed E-state index contributed by atoms with van der Waals surface area (Å²) in [5.74, 6) is 0.110. The summed E-state index contributed by atoms with van der Waals surface area (Å²) in [5.41, 5.74) is 1.93. The van der Waals surface area contributed by atoms with Gasteiger partial charge in [-0.05, 0) is 32.0 Å². The molecule has 10 nitrogen and oxygen atoms in total. The van der Waals surface area contributed by atoms with Crippen molar-refractivity contribution >= 4 is 11.3 Å². The van der Waals surface area contributed by atoms with Crippen molar-refractivity contribution in [3.05, 3.63) is 36.2 Å². The Morgan fingerprint density at radius 1 is 1.11 bits per heavy atom. The Morgan fingerprint density at radius 2 is 1.91 bits per heavy atom. The number of methoxy groups -OCH3 is 3. The number of hydrogen-bond donors (Lipinski definition) is 2. The summed E-state index contributed by atoms with van der Waals surface area (Å²) >= 11 is 1.31. The van der Waals surface area contributed by atoms with E-state index in [0.29, 0.717) is 15.8 Å².